The molecule has 2 heterocycles. The van der Waals surface area contributed by atoms with Crippen LogP contribution >= 0.6 is 0 Å². The molecule has 2 aliphatic heterocycles. The Morgan fingerprint density at radius 3 is 2.50 bits per heavy atom. The third kappa shape index (κ3) is 5.25. The van der Waals surface area contributed by atoms with Crippen LogP contribution in [0.2, 0.25) is 0 Å². The van der Waals surface area contributed by atoms with Gasteiger partial charge in [-0.05, 0) is 47.9 Å². The average molecular weight is 512 g/mol. The Morgan fingerprint density at radius 1 is 1.00 bits per heavy atom. The van der Waals surface area contributed by atoms with Gasteiger partial charge in [-0.1, -0.05) is 48.6 Å². The largest absolute Gasteiger partial charge is 0.497 e. The number of rotatable bonds is 7. The summed E-state index contributed by atoms with van der Waals surface area (Å²) in [6, 6.07) is 19.4. The van der Waals surface area contributed by atoms with Gasteiger partial charge in [0.05, 0.1) is 31.9 Å². The van der Waals surface area contributed by atoms with E-state index in [1.165, 1.54) is 0 Å². The number of hydrogen-bond acceptors (Lipinski definition) is 5. The van der Waals surface area contributed by atoms with Crippen molar-refractivity contribution < 1.29 is 23.9 Å². The smallest absolute Gasteiger partial charge is 0.256 e. The lowest BCUT2D eigenvalue weighted by Crippen LogP contribution is -2.41. The number of anilines is 1. The predicted octanol–water partition coefficient (Wildman–Crippen LogP) is 3.77. The zero-order valence-corrected chi connectivity index (χ0v) is 21.3. The fourth-order valence-electron chi connectivity index (χ4n) is 4.94. The van der Waals surface area contributed by atoms with Crippen molar-refractivity contribution in [2.24, 2.45) is 0 Å². The number of amides is 3. The number of ether oxygens (including phenoxy) is 2. The van der Waals surface area contributed by atoms with Crippen molar-refractivity contribution in [3.05, 3.63) is 89.0 Å². The molecule has 194 valence electrons. The van der Waals surface area contributed by atoms with Gasteiger partial charge in [0, 0.05) is 18.2 Å². The van der Waals surface area contributed by atoms with Crippen LogP contribution in [0.15, 0.2) is 66.7 Å². The van der Waals surface area contributed by atoms with Crippen molar-refractivity contribution in [2.75, 3.05) is 26.1 Å². The molecule has 3 amide bonds. The molecule has 0 spiro atoms. The summed E-state index contributed by atoms with van der Waals surface area (Å²) >= 11 is 0. The summed E-state index contributed by atoms with van der Waals surface area (Å²) in [5.41, 5.74) is 3.53. The zero-order chi connectivity index (χ0) is 26.6. The van der Waals surface area contributed by atoms with E-state index in [0.717, 1.165) is 22.4 Å². The van der Waals surface area contributed by atoms with E-state index in [1.807, 2.05) is 66.7 Å². The van der Waals surface area contributed by atoms with Crippen LogP contribution < -0.4 is 20.1 Å². The maximum Gasteiger partial charge on any atom is 0.256 e. The van der Waals surface area contributed by atoms with Gasteiger partial charge in [0.15, 0.2) is 0 Å². The lowest BCUT2D eigenvalue weighted by atomic mass is 10.1. The van der Waals surface area contributed by atoms with E-state index in [9.17, 15) is 14.4 Å². The SMILES string of the molecule is COc1ccc(/C=C/c2ccc3c(c2)C(=O)N2C[C@@H](NC(=O)Cc4ccccc4OC)C[C@H]2C(=O)N3)cc1. The van der Waals surface area contributed by atoms with E-state index in [0.29, 0.717) is 23.4 Å². The second-order valence-corrected chi connectivity index (χ2v) is 9.36. The molecule has 3 aromatic rings. The van der Waals surface area contributed by atoms with Gasteiger partial charge in [-0.25, -0.2) is 0 Å². The van der Waals surface area contributed by atoms with Gasteiger partial charge in [0.1, 0.15) is 17.5 Å². The first-order valence-electron chi connectivity index (χ1n) is 12.4. The fourth-order valence-corrected chi connectivity index (χ4v) is 4.94. The molecule has 0 saturated carbocycles. The maximum absolute atomic E-state index is 13.5. The van der Waals surface area contributed by atoms with E-state index >= 15 is 0 Å². The minimum Gasteiger partial charge on any atom is -0.497 e. The molecular formula is C30H29N3O5. The molecule has 8 nitrogen and oxygen atoms in total. The van der Waals surface area contributed by atoms with Gasteiger partial charge in [0.2, 0.25) is 11.8 Å². The zero-order valence-electron chi connectivity index (χ0n) is 21.3. The number of benzene rings is 3. The van der Waals surface area contributed by atoms with E-state index < -0.39 is 6.04 Å². The topological polar surface area (TPSA) is 97.0 Å². The van der Waals surface area contributed by atoms with Crippen LogP contribution in [0.5, 0.6) is 11.5 Å². The second-order valence-electron chi connectivity index (χ2n) is 9.36. The molecule has 1 fully saturated rings. The molecule has 38 heavy (non-hydrogen) atoms. The van der Waals surface area contributed by atoms with Crippen molar-refractivity contribution >= 4 is 35.6 Å². The van der Waals surface area contributed by atoms with E-state index in [1.54, 1.807) is 31.3 Å². The third-order valence-electron chi connectivity index (χ3n) is 6.89. The first kappa shape index (κ1) is 25.1. The molecule has 1 saturated heterocycles. The van der Waals surface area contributed by atoms with E-state index in [-0.39, 0.29) is 36.7 Å². The Morgan fingerprint density at radius 2 is 1.74 bits per heavy atom. The highest BCUT2D eigenvalue weighted by Crippen LogP contribution is 2.30. The molecule has 2 atom stereocenters. The molecule has 0 aromatic heterocycles. The Kier molecular flexibility index (Phi) is 7.13. The van der Waals surface area contributed by atoms with Crippen LogP contribution in [-0.4, -0.2) is 55.5 Å². The van der Waals surface area contributed by atoms with Crippen LogP contribution in [0.4, 0.5) is 5.69 Å². The molecule has 2 aliphatic rings. The molecule has 8 heteroatoms. The molecule has 0 aliphatic carbocycles. The highest BCUT2D eigenvalue weighted by Gasteiger charge is 2.43. The number of hydrogen-bond donors (Lipinski definition) is 2. The van der Waals surface area contributed by atoms with Crippen LogP contribution in [-0.2, 0) is 16.0 Å². The van der Waals surface area contributed by atoms with E-state index in [4.69, 9.17) is 9.47 Å². The third-order valence-corrected chi connectivity index (χ3v) is 6.89. The quantitative estimate of drug-likeness (QED) is 0.471. The highest BCUT2D eigenvalue weighted by atomic mass is 16.5. The first-order valence-corrected chi connectivity index (χ1v) is 12.4. The van der Waals surface area contributed by atoms with Crippen molar-refractivity contribution in [2.45, 2.75) is 24.9 Å². The maximum atomic E-state index is 13.5. The van der Waals surface area contributed by atoms with E-state index in [2.05, 4.69) is 10.6 Å². The standard InChI is InChI=1S/C30H29N3O5/c1-37-23-12-9-19(10-13-23)7-8-20-11-14-25-24(15-20)30(36)33-18-22(17-26(33)29(35)32-25)31-28(34)16-21-5-3-4-6-27(21)38-2/h3-15,22,26H,16-18H2,1-2H3,(H,31,34)(H,32,35)/b8-7+/t22-,26-/m0/s1. The Bertz CT molecular complexity index is 1400. The lowest BCUT2D eigenvalue weighted by molar-refractivity contribution is -0.121. The van der Waals surface area contributed by atoms with Crippen molar-refractivity contribution in [3.63, 3.8) is 0 Å². The lowest BCUT2D eigenvalue weighted by Gasteiger charge is -2.20. The van der Waals surface area contributed by atoms with Gasteiger partial charge in [-0.15, -0.1) is 0 Å². The van der Waals surface area contributed by atoms with Crippen LogP contribution in [0.25, 0.3) is 12.2 Å². The number of fused-ring (bicyclic) bond motifs is 2. The normalized spacial score (nSPS) is 18.4. The van der Waals surface area contributed by atoms with Crippen LogP contribution in [0.3, 0.4) is 0 Å². The summed E-state index contributed by atoms with van der Waals surface area (Å²) in [6.07, 6.45) is 4.38. The molecule has 5 rings (SSSR count). The predicted molar refractivity (Wildman–Crippen MR) is 145 cm³/mol. The molecule has 0 bridgehead atoms. The summed E-state index contributed by atoms with van der Waals surface area (Å²) in [4.78, 5) is 40.8. The summed E-state index contributed by atoms with van der Waals surface area (Å²) < 4.78 is 10.5. The van der Waals surface area contributed by atoms with Crippen molar-refractivity contribution in [3.8, 4) is 11.5 Å². The van der Waals surface area contributed by atoms with Crippen LogP contribution in [0, 0.1) is 0 Å². The molecule has 0 unspecified atom stereocenters. The Hall–Kier alpha value is -4.59. The van der Waals surface area contributed by atoms with Crippen LogP contribution in [0.1, 0.15) is 33.5 Å². The molecule has 0 radical (unpaired) electrons. The monoisotopic (exact) mass is 511 g/mol. The number of carbonyl (C=O) groups excluding carboxylic acids is 3. The fraction of sp³-hybridized carbons (Fsp3) is 0.233. The Balaban J connectivity index is 1.29. The molecule has 3 aromatic carbocycles. The minimum absolute atomic E-state index is 0.151. The number of methoxy groups -OCH3 is 2. The average Bonchev–Trinajstić information content (AvgIpc) is 3.32. The van der Waals surface area contributed by atoms with Crippen molar-refractivity contribution in [1.82, 2.24) is 10.2 Å². The van der Waals surface area contributed by atoms with Gasteiger partial charge in [0.25, 0.3) is 5.91 Å². The summed E-state index contributed by atoms with van der Waals surface area (Å²) in [5, 5.41) is 5.89. The summed E-state index contributed by atoms with van der Waals surface area (Å²) in [7, 11) is 3.19. The van der Waals surface area contributed by atoms with Crippen molar-refractivity contribution in [1.29, 1.82) is 0 Å². The summed E-state index contributed by atoms with van der Waals surface area (Å²) in [5.74, 6) is 0.759. The highest BCUT2D eigenvalue weighted by molar-refractivity contribution is 6.10. The molecule has 2 N–H and O–H groups in total. The number of carbonyl (C=O) groups is 3. The second kappa shape index (κ2) is 10.8. The summed E-state index contributed by atoms with van der Waals surface area (Å²) in [6.45, 7) is 0.264. The Labute approximate surface area is 221 Å². The van der Waals surface area contributed by atoms with Gasteiger partial charge in [-0.3, -0.25) is 14.4 Å². The van der Waals surface area contributed by atoms with Gasteiger partial charge >= 0.3 is 0 Å². The molecular weight excluding hydrogens is 482 g/mol. The number of para-hydroxylation sites is 1. The van der Waals surface area contributed by atoms with Gasteiger partial charge < -0.3 is 25.0 Å². The first-order chi connectivity index (χ1) is 18.4. The number of nitrogens with one attached hydrogen (secondary N) is 2. The number of nitrogens with zero attached hydrogens (tertiary/aromatic N) is 1. The van der Waals surface area contributed by atoms with Gasteiger partial charge in [-0.2, -0.15) is 0 Å². The minimum atomic E-state index is -0.648.